The molecule has 2 heterocycles. The maximum absolute atomic E-state index is 14.3. The molecule has 0 aliphatic carbocycles. The molecule has 0 spiro atoms. The van der Waals surface area contributed by atoms with Gasteiger partial charge in [-0.25, -0.2) is 4.68 Å². The second kappa shape index (κ2) is 12.5. The summed E-state index contributed by atoms with van der Waals surface area (Å²) in [7, 11) is 0. The van der Waals surface area contributed by atoms with E-state index in [-0.39, 0.29) is 29.7 Å². The minimum Gasteiger partial charge on any atom is -0.369 e. The lowest BCUT2D eigenvalue weighted by Gasteiger charge is -2.39. The standard InChI is InChI=1S/C34H45N5O3/c1-7-22(4)26(30(35)41)19-29(40)34(9-3,25-17-15-23(8-2)16-18-25)38-32(42)27-21-36-39-31(27)37-28(20-33(39,5)6)24-13-11-10-12-14-24/h10-18,21-22,26,28,37H,7-9,19-20H2,1-6H3,(H2,35,41)(H,38,42)/t22?,26-,28+,34?/m0/s1. The summed E-state index contributed by atoms with van der Waals surface area (Å²) < 4.78 is 1.86. The van der Waals surface area contributed by atoms with E-state index in [1.807, 2.05) is 67.9 Å². The largest absolute Gasteiger partial charge is 0.369 e. The van der Waals surface area contributed by atoms with E-state index in [4.69, 9.17) is 5.73 Å². The number of nitrogens with two attached hydrogens (primary N) is 1. The second-order valence-electron chi connectivity index (χ2n) is 12.2. The molecule has 0 bridgehead atoms. The Morgan fingerprint density at radius 2 is 1.76 bits per heavy atom. The molecule has 224 valence electrons. The number of nitrogens with zero attached hydrogens (tertiary/aromatic N) is 2. The predicted molar refractivity (Wildman–Crippen MR) is 166 cm³/mol. The molecule has 1 aromatic heterocycles. The molecule has 1 aliphatic rings. The van der Waals surface area contributed by atoms with Crippen LogP contribution in [0.3, 0.4) is 0 Å². The summed E-state index contributed by atoms with van der Waals surface area (Å²) in [4.78, 5) is 40.8. The van der Waals surface area contributed by atoms with Gasteiger partial charge in [-0.1, -0.05) is 88.7 Å². The maximum atomic E-state index is 14.3. The lowest BCUT2D eigenvalue weighted by atomic mass is 9.76. The number of hydrogen-bond acceptors (Lipinski definition) is 5. The van der Waals surface area contributed by atoms with Crippen molar-refractivity contribution in [2.75, 3.05) is 5.32 Å². The highest BCUT2D eigenvalue weighted by molar-refractivity contribution is 6.03. The molecule has 4 rings (SSSR count). The Labute approximate surface area is 249 Å². The molecule has 8 heteroatoms. The molecule has 3 aromatic rings. The van der Waals surface area contributed by atoms with Crippen LogP contribution in [0, 0.1) is 11.8 Å². The van der Waals surface area contributed by atoms with Crippen molar-refractivity contribution in [1.82, 2.24) is 15.1 Å². The third-order valence-corrected chi connectivity index (χ3v) is 9.09. The number of anilines is 1. The van der Waals surface area contributed by atoms with Gasteiger partial charge < -0.3 is 16.4 Å². The van der Waals surface area contributed by atoms with Crippen LogP contribution in [0.25, 0.3) is 0 Å². The van der Waals surface area contributed by atoms with Crippen LogP contribution in [0.1, 0.15) is 100 Å². The first-order valence-corrected chi connectivity index (χ1v) is 15.1. The normalized spacial score (nSPS) is 18.6. The highest BCUT2D eigenvalue weighted by atomic mass is 16.2. The third kappa shape index (κ3) is 5.98. The highest BCUT2D eigenvalue weighted by Crippen LogP contribution is 2.40. The summed E-state index contributed by atoms with van der Waals surface area (Å²) in [5.74, 6) is -1.21. The van der Waals surface area contributed by atoms with Crippen molar-refractivity contribution in [1.29, 1.82) is 0 Å². The molecule has 0 fully saturated rings. The topological polar surface area (TPSA) is 119 Å². The highest BCUT2D eigenvalue weighted by Gasteiger charge is 2.44. The number of Topliss-reactive ketones (excluding diaryl/α,β-unsaturated/α-hetero) is 1. The number of aromatic nitrogens is 2. The minimum atomic E-state index is -1.34. The van der Waals surface area contributed by atoms with Gasteiger partial charge in [-0.3, -0.25) is 14.4 Å². The molecular formula is C34H45N5O3. The second-order valence-corrected chi connectivity index (χ2v) is 12.2. The number of ketones is 1. The number of carbonyl (C=O) groups excluding carboxylic acids is 3. The van der Waals surface area contributed by atoms with Gasteiger partial charge in [-0.05, 0) is 55.7 Å². The quantitative estimate of drug-likeness (QED) is 0.251. The summed E-state index contributed by atoms with van der Waals surface area (Å²) in [5.41, 5.74) is 7.38. The van der Waals surface area contributed by atoms with Crippen LogP contribution in [0.5, 0.6) is 0 Å². The van der Waals surface area contributed by atoms with E-state index in [1.54, 1.807) is 6.20 Å². The molecule has 0 radical (unpaired) electrons. The number of nitrogens with one attached hydrogen (secondary N) is 2. The monoisotopic (exact) mass is 571 g/mol. The lowest BCUT2D eigenvalue weighted by Crippen LogP contribution is -2.53. The molecule has 2 unspecified atom stereocenters. The molecule has 4 N–H and O–H groups in total. The van der Waals surface area contributed by atoms with Crippen molar-refractivity contribution >= 4 is 23.4 Å². The van der Waals surface area contributed by atoms with Gasteiger partial charge in [-0.2, -0.15) is 5.10 Å². The Hall–Kier alpha value is -3.94. The van der Waals surface area contributed by atoms with Crippen molar-refractivity contribution in [2.45, 2.75) is 90.8 Å². The number of fused-ring (bicyclic) bond motifs is 1. The van der Waals surface area contributed by atoms with E-state index in [1.165, 1.54) is 0 Å². The van der Waals surface area contributed by atoms with Gasteiger partial charge in [0.25, 0.3) is 5.91 Å². The number of carbonyl (C=O) groups is 3. The molecule has 1 aliphatic heterocycles. The number of aryl methyl sites for hydroxylation is 1. The summed E-state index contributed by atoms with van der Waals surface area (Å²) in [6, 6.07) is 17.9. The van der Waals surface area contributed by atoms with Crippen LogP contribution in [-0.4, -0.2) is 27.4 Å². The zero-order chi connectivity index (χ0) is 30.7. The first kappa shape index (κ1) is 31.0. The van der Waals surface area contributed by atoms with Gasteiger partial charge in [0.2, 0.25) is 5.91 Å². The Morgan fingerprint density at radius 3 is 2.33 bits per heavy atom. The Bertz CT molecular complexity index is 1410. The molecule has 2 aromatic carbocycles. The van der Waals surface area contributed by atoms with Crippen molar-refractivity contribution in [3.05, 3.63) is 83.0 Å². The van der Waals surface area contributed by atoms with Gasteiger partial charge >= 0.3 is 0 Å². The van der Waals surface area contributed by atoms with Crippen LogP contribution in [0.2, 0.25) is 0 Å². The summed E-state index contributed by atoms with van der Waals surface area (Å²) in [6.45, 7) is 12.1. The Kier molecular flexibility index (Phi) is 9.24. The van der Waals surface area contributed by atoms with E-state index in [0.29, 0.717) is 29.8 Å². The van der Waals surface area contributed by atoms with Crippen molar-refractivity contribution in [3.63, 3.8) is 0 Å². The lowest BCUT2D eigenvalue weighted by molar-refractivity contribution is -0.132. The summed E-state index contributed by atoms with van der Waals surface area (Å²) in [5, 5.41) is 11.3. The molecular weight excluding hydrogens is 526 g/mol. The van der Waals surface area contributed by atoms with E-state index in [9.17, 15) is 14.4 Å². The number of benzene rings is 2. The zero-order valence-corrected chi connectivity index (χ0v) is 25.7. The van der Waals surface area contributed by atoms with Crippen molar-refractivity contribution in [2.24, 2.45) is 17.6 Å². The SMILES string of the molecule is CCc1ccc(C(CC)(NC(=O)c2cnn3c2N[C@@H](c2ccccc2)CC3(C)C)C(=O)C[C@H](C(N)=O)C(C)CC)cc1. The zero-order valence-electron chi connectivity index (χ0n) is 25.7. The molecule has 2 amide bonds. The van der Waals surface area contributed by atoms with Gasteiger partial charge in [0.1, 0.15) is 16.9 Å². The van der Waals surface area contributed by atoms with E-state index in [0.717, 1.165) is 24.0 Å². The fraction of sp³-hybridized carbons (Fsp3) is 0.471. The first-order chi connectivity index (χ1) is 20.0. The predicted octanol–water partition coefficient (Wildman–Crippen LogP) is 5.88. The Balaban J connectivity index is 1.74. The molecule has 42 heavy (non-hydrogen) atoms. The van der Waals surface area contributed by atoms with Gasteiger partial charge in [-0.15, -0.1) is 0 Å². The van der Waals surface area contributed by atoms with Crippen LogP contribution in [-0.2, 0) is 27.1 Å². The van der Waals surface area contributed by atoms with Gasteiger partial charge in [0, 0.05) is 12.3 Å². The van der Waals surface area contributed by atoms with E-state index >= 15 is 0 Å². The number of rotatable bonds is 12. The minimum absolute atomic E-state index is 0.0111. The molecule has 8 nitrogen and oxygen atoms in total. The van der Waals surface area contributed by atoms with Crippen LogP contribution >= 0.6 is 0 Å². The summed E-state index contributed by atoms with van der Waals surface area (Å²) >= 11 is 0. The fourth-order valence-corrected chi connectivity index (χ4v) is 6.12. The van der Waals surface area contributed by atoms with Gasteiger partial charge in [0.05, 0.1) is 17.8 Å². The number of amides is 2. The fourth-order valence-electron chi connectivity index (χ4n) is 6.12. The van der Waals surface area contributed by atoms with E-state index < -0.39 is 23.3 Å². The van der Waals surface area contributed by atoms with Gasteiger partial charge in [0.15, 0.2) is 5.78 Å². The average molecular weight is 572 g/mol. The van der Waals surface area contributed by atoms with Crippen LogP contribution < -0.4 is 16.4 Å². The number of hydrogen-bond donors (Lipinski definition) is 3. The van der Waals surface area contributed by atoms with Crippen LogP contribution in [0.4, 0.5) is 5.82 Å². The average Bonchev–Trinajstić information content (AvgIpc) is 3.43. The van der Waals surface area contributed by atoms with Crippen molar-refractivity contribution in [3.8, 4) is 0 Å². The smallest absolute Gasteiger partial charge is 0.257 e. The van der Waals surface area contributed by atoms with Crippen molar-refractivity contribution < 1.29 is 14.4 Å². The maximum Gasteiger partial charge on any atom is 0.257 e. The van der Waals surface area contributed by atoms with E-state index in [2.05, 4.69) is 48.6 Å². The number of primary amides is 1. The Morgan fingerprint density at radius 1 is 1.10 bits per heavy atom. The third-order valence-electron chi connectivity index (χ3n) is 9.09. The summed E-state index contributed by atoms with van der Waals surface area (Å²) in [6.07, 6.45) is 4.18. The molecule has 0 saturated heterocycles. The van der Waals surface area contributed by atoms with Crippen LogP contribution in [0.15, 0.2) is 60.8 Å². The molecule has 4 atom stereocenters. The first-order valence-electron chi connectivity index (χ1n) is 15.1. The molecule has 0 saturated carbocycles.